The first-order chi connectivity index (χ1) is 10.0. The van der Waals surface area contributed by atoms with Crippen molar-refractivity contribution in [3.05, 3.63) is 29.8 Å². The van der Waals surface area contributed by atoms with Crippen LogP contribution in [-0.2, 0) is 4.79 Å². The Kier molecular flexibility index (Phi) is 5.10. The monoisotopic (exact) mass is 325 g/mol. The number of Topliss-reactive ketones (excluding diaryl/α,β-unsaturated/α-hetero) is 1. The van der Waals surface area contributed by atoms with Gasteiger partial charge in [-0.3, -0.25) is 9.59 Å². The zero-order valence-electron chi connectivity index (χ0n) is 11.6. The molecule has 0 aliphatic carbocycles. The lowest BCUT2D eigenvalue weighted by Crippen LogP contribution is -2.51. The van der Waals surface area contributed by atoms with Crippen LogP contribution >= 0.6 is 0 Å². The fourth-order valence-electron chi connectivity index (χ4n) is 1.61. The molecule has 0 aromatic heterocycles. The van der Waals surface area contributed by atoms with Crippen molar-refractivity contribution in [2.45, 2.75) is 12.1 Å². The van der Waals surface area contributed by atoms with E-state index < -0.39 is 30.3 Å². The van der Waals surface area contributed by atoms with Gasteiger partial charge >= 0.3 is 18.0 Å². The van der Waals surface area contributed by atoms with Crippen LogP contribution in [0.25, 0.3) is 0 Å². The van der Waals surface area contributed by atoms with Gasteiger partial charge in [-0.05, 0) is 12.1 Å². The van der Waals surface area contributed by atoms with Gasteiger partial charge in [0.1, 0.15) is 5.75 Å². The fourth-order valence-corrected chi connectivity index (χ4v) is 1.61. The van der Waals surface area contributed by atoms with Crippen LogP contribution in [0.3, 0.4) is 0 Å². The van der Waals surface area contributed by atoms with Gasteiger partial charge in [0, 0.05) is 7.05 Å². The SMILES string of the molecule is COc1ccccc1C(=O)CN(C)C(=O)C(F)(F)C(F)(F)F. The molecule has 0 aliphatic heterocycles. The van der Waals surface area contributed by atoms with Crippen molar-refractivity contribution < 1.29 is 36.3 Å². The normalized spacial score (nSPS) is 12.0. The second kappa shape index (κ2) is 6.29. The molecule has 1 amide bonds. The summed E-state index contributed by atoms with van der Waals surface area (Å²) in [5.41, 5.74) is -0.0278. The van der Waals surface area contributed by atoms with E-state index in [1.165, 1.54) is 25.3 Å². The summed E-state index contributed by atoms with van der Waals surface area (Å²) in [5, 5.41) is 0. The molecule has 0 saturated carbocycles. The molecule has 0 N–H and O–H groups in total. The largest absolute Gasteiger partial charge is 0.496 e. The summed E-state index contributed by atoms with van der Waals surface area (Å²) in [7, 11) is 1.95. The standard InChI is InChI=1S/C13H12F5NO3/c1-19(11(21)12(14,15)13(16,17)18)7-9(20)8-5-3-4-6-10(8)22-2/h3-6H,7H2,1-2H3. The number of ether oxygens (including phenoxy) is 1. The average Bonchev–Trinajstić information content (AvgIpc) is 2.44. The predicted octanol–water partition coefficient (Wildman–Crippen LogP) is 2.53. The molecule has 1 aromatic carbocycles. The van der Waals surface area contributed by atoms with E-state index in [9.17, 15) is 31.5 Å². The highest BCUT2D eigenvalue weighted by Gasteiger charge is 2.64. The maximum Gasteiger partial charge on any atom is 0.463 e. The first-order valence-corrected chi connectivity index (χ1v) is 5.88. The van der Waals surface area contributed by atoms with Crippen molar-refractivity contribution in [1.82, 2.24) is 4.90 Å². The number of amides is 1. The minimum Gasteiger partial charge on any atom is -0.496 e. The third-order valence-electron chi connectivity index (χ3n) is 2.76. The summed E-state index contributed by atoms with van der Waals surface area (Å²) in [6, 6.07) is 5.73. The molecule has 0 unspecified atom stereocenters. The van der Waals surface area contributed by atoms with Gasteiger partial charge in [-0.25, -0.2) is 0 Å². The van der Waals surface area contributed by atoms with Crippen LogP contribution in [0.1, 0.15) is 10.4 Å². The van der Waals surface area contributed by atoms with E-state index in [1.807, 2.05) is 0 Å². The van der Waals surface area contributed by atoms with Gasteiger partial charge in [0.25, 0.3) is 0 Å². The molecule has 0 atom stereocenters. The molecule has 0 heterocycles. The van der Waals surface area contributed by atoms with Crippen LogP contribution in [0, 0.1) is 0 Å². The number of halogens is 5. The van der Waals surface area contributed by atoms with Crippen molar-refractivity contribution >= 4 is 11.7 Å². The Hall–Kier alpha value is -2.19. The average molecular weight is 325 g/mol. The van der Waals surface area contributed by atoms with Crippen molar-refractivity contribution in [1.29, 1.82) is 0 Å². The van der Waals surface area contributed by atoms with Crippen LogP contribution in [0.15, 0.2) is 24.3 Å². The minimum absolute atomic E-state index is 0.0278. The zero-order valence-corrected chi connectivity index (χ0v) is 11.6. The van der Waals surface area contributed by atoms with Gasteiger partial charge in [-0.15, -0.1) is 0 Å². The third-order valence-corrected chi connectivity index (χ3v) is 2.76. The number of carbonyl (C=O) groups excluding carboxylic acids is 2. The molecular formula is C13H12F5NO3. The van der Waals surface area contributed by atoms with Gasteiger partial charge < -0.3 is 9.64 Å². The van der Waals surface area contributed by atoms with Crippen molar-refractivity contribution in [2.75, 3.05) is 20.7 Å². The molecule has 22 heavy (non-hydrogen) atoms. The summed E-state index contributed by atoms with van der Waals surface area (Å²) in [6.07, 6.45) is -6.02. The van der Waals surface area contributed by atoms with Gasteiger partial charge in [-0.2, -0.15) is 22.0 Å². The molecule has 1 aromatic rings. The van der Waals surface area contributed by atoms with E-state index in [0.29, 0.717) is 7.05 Å². The summed E-state index contributed by atoms with van der Waals surface area (Å²) in [4.78, 5) is 23.2. The van der Waals surface area contributed by atoms with Crippen LogP contribution in [0.5, 0.6) is 5.75 Å². The van der Waals surface area contributed by atoms with Crippen molar-refractivity contribution in [3.8, 4) is 5.75 Å². The number of nitrogens with zero attached hydrogens (tertiary/aromatic N) is 1. The molecule has 4 nitrogen and oxygen atoms in total. The molecule has 0 aliphatic rings. The topological polar surface area (TPSA) is 46.6 Å². The second-order valence-corrected chi connectivity index (χ2v) is 4.36. The summed E-state index contributed by atoms with van der Waals surface area (Å²) in [5.74, 6) is -8.76. The smallest absolute Gasteiger partial charge is 0.463 e. The zero-order chi connectivity index (χ0) is 17.1. The number of para-hydroxylation sites is 1. The van der Waals surface area contributed by atoms with Gasteiger partial charge in [-0.1, -0.05) is 12.1 Å². The lowest BCUT2D eigenvalue weighted by Gasteiger charge is -2.24. The highest BCUT2D eigenvalue weighted by Crippen LogP contribution is 2.36. The highest BCUT2D eigenvalue weighted by molar-refractivity contribution is 6.02. The number of alkyl halides is 5. The van der Waals surface area contributed by atoms with E-state index in [0.717, 1.165) is 0 Å². The lowest BCUT2D eigenvalue weighted by atomic mass is 10.1. The van der Waals surface area contributed by atoms with Gasteiger partial charge in [0.2, 0.25) is 0 Å². The molecular weight excluding hydrogens is 313 g/mol. The Balaban J connectivity index is 2.91. The quantitative estimate of drug-likeness (QED) is 0.617. The van der Waals surface area contributed by atoms with E-state index in [-0.39, 0.29) is 16.2 Å². The van der Waals surface area contributed by atoms with Gasteiger partial charge in [0.05, 0.1) is 19.2 Å². The number of likely N-dealkylation sites (N-methyl/N-ethyl adjacent to an activating group) is 1. The van der Waals surface area contributed by atoms with E-state index in [2.05, 4.69) is 0 Å². The van der Waals surface area contributed by atoms with Crippen LogP contribution in [-0.4, -0.2) is 49.4 Å². The van der Waals surface area contributed by atoms with Crippen LogP contribution in [0.2, 0.25) is 0 Å². The Labute approximate surface area is 122 Å². The highest BCUT2D eigenvalue weighted by atomic mass is 19.4. The maximum atomic E-state index is 12.9. The summed E-state index contributed by atoms with van der Waals surface area (Å²) in [6.45, 7) is -0.940. The second-order valence-electron chi connectivity index (χ2n) is 4.36. The van der Waals surface area contributed by atoms with Crippen molar-refractivity contribution in [3.63, 3.8) is 0 Å². The lowest BCUT2D eigenvalue weighted by molar-refractivity contribution is -0.273. The molecule has 0 radical (unpaired) electrons. The molecule has 122 valence electrons. The van der Waals surface area contributed by atoms with Crippen LogP contribution in [0.4, 0.5) is 22.0 Å². The summed E-state index contributed by atoms with van der Waals surface area (Å²) < 4.78 is 67.1. The maximum absolute atomic E-state index is 12.9. The predicted molar refractivity (Wildman–Crippen MR) is 66.0 cm³/mol. The number of rotatable bonds is 5. The number of benzene rings is 1. The fraction of sp³-hybridized carbons (Fsp3) is 0.385. The minimum atomic E-state index is -6.02. The Morgan fingerprint density at radius 1 is 1.14 bits per heavy atom. The first-order valence-electron chi connectivity index (χ1n) is 5.88. The first kappa shape index (κ1) is 17.9. The molecule has 0 bridgehead atoms. The number of carbonyl (C=O) groups is 2. The molecule has 1 rings (SSSR count). The Morgan fingerprint density at radius 3 is 2.18 bits per heavy atom. The number of hydrogen-bond donors (Lipinski definition) is 0. The Bertz CT molecular complexity index is 571. The van der Waals surface area contributed by atoms with Gasteiger partial charge in [0.15, 0.2) is 5.78 Å². The molecule has 0 fully saturated rings. The summed E-state index contributed by atoms with van der Waals surface area (Å²) >= 11 is 0. The van der Waals surface area contributed by atoms with E-state index in [1.54, 1.807) is 6.07 Å². The Morgan fingerprint density at radius 2 is 1.68 bits per heavy atom. The number of hydrogen-bond acceptors (Lipinski definition) is 3. The number of methoxy groups -OCH3 is 1. The van der Waals surface area contributed by atoms with E-state index >= 15 is 0 Å². The van der Waals surface area contributed by atoms with Crippen LogP contribution < -0.4 is 4.74 Å². The number of ketones is 1. The molecule has 0 spiro atoms. The third kappa shape index (κ3) is 3.52. The van der Waals surface area contributed by atoms with Crippen molar-refractivity contribution in [2.24, 2.45) is 0 Å². The molecule has 9 heteroatoms. The molecule has 0 saturated heterocycles. The van der Waals surface area contributed by atoms with E-state index in [4.69, 9.17) is 4.74 Å².